The summed E-state index contributed by atoms with van der Waals surface area (Å²) < 4.78 is 4.19. The van der Waals surface area contributed by atoms with Gasteiger partial charge in [-0.25, -0.2) is 4.68 Å². The third-order valence-corrected chi connectivity index (χ3v) is 3.99. The standard InChI is InChI=1S/C14H11ClN4OS.BrH/c15-10-3-1-9(2-4-10)12-5-6-13(16)19(17-12)8-11-7-14(20)18-21-11;/h1-7,16H,8H2,(H,18,20);1H. The molecular formula is C14H12BrClN4OS. The number of hydrogen-bond acceptors (Lipinski definition) is 4. The molecule has 114 valence electrons. The molecule has 0 aliphatic rings. The van der Waals surface area contributed by atoms with Crippen LogP contribution in [0.3, 0.4) is 0 Å². The molecule has 0 aliphatic heterocycles. The molecule has 0 saturated carbocycles. The van der Waals surface area contributed by atoms with Gasteiger partial charge in [-0.2, -0.15) is 5.10 Å². The maximum atomic E-state index is 11.2. The van der Waals surface area contributed by atoms with E-state index in [0.29, 0.717) is 11.6 Å². The fraction of sp³-hybridized carbons (Fsp3) is 0.0714. The first-order valence-electron chi connectivity index (χ1n) is 6.18. The number of halogens is 2. The Bertz CT molecular complexity index is 885. The van der Waals surface area contributed by atoms with Gasteiger partial charge in [-0.15, -0.1) is 17.0 Å². The van der Waals surface area contributed by atoms with Crippen molar-refractivity contribution in [1.29, 1.82) is 5.41 Å². The van der Waals surface area contributed by atoms with E-state index < -0.39 is 0 Å². The highest BCUT2D eigenvalue weighted by atomic mass is 79.9. The molecule has 2 aromatic heterocycles. The zero-order valence-electron chi connectivity index (χ0n) is 11.2. The summed E-state index contributed by atoms with van der Waals surface area (Å²) in [4.78, 5) is 12.0. The molecule has 0 aliphatic carbocycles. The average molecular weight is 400 g/mol. The fourth-order valence-corrected chi connectivity index (χ4v) is 2.67. The first-order valence-corrected chi connectivity index (χ1v) is 7.37. The molecule has 5 nitrogen and oxygen atoms in total. The van der Waals surface area contributed by atoms with E-state index in [4.69, 9.17) is 17.0 Å². The molecule has 0 unspecified atom stereocenters. The van der Waals surface area contributed by atoms with E-state index in [1.807, 2.05) is 12.1 Å². The maximum Gasteiger partial charge on any atom is 0.258 e. The second-order valence-electron chi connectivity index (χ2n) is 4.45. The minimum Gasteiger partial charge on any atom is -0.283 e. The van der Waals surface area contributed by atoms with Gasteiger partial charge in [0.2, 0.25) is 0 Å². The van der Waals surface area contributed by atoms with Crippen LogP contribution in [-0.2, 0) is 6.54 Å². The monoisotopic (exact) mass is 398 g/mol. The van der Waals surface area contributed by atoms with Crippen molar-refractivity contribution in [3.05, 3.63) is 68.2 Å². The van der Waals surface area contributed by atoms with Gasteiger partial charge in [-0.1, -0.05) is 35.3 Å². The fourth-order valence-electron chi connectivity index (χ4n) is 1.90. The molecule has 2 N–H and O–H groups in total. The highest BCUT2D eigenvalue weighted by molar-refractivity contribution is 8.93. The van der Waals surface area contributed by atoms with Gasteiger partial charge in [0.1, 0.15) is 5.49 Å². The summed E-state index contributed by atoms with van der Waals surface area (Å²) in [5.41, 5.74) is 1.84. The molecule has 1 aromatic carbocycles. The van der Waals surface area contributed by atoms with E-state index in [0.717, 1.165) is 16.1 Å². The number of rotatable bonds is 3. The Kier molecular flexibility index (Phi) is 5.33. The average Bonchev–Trinajstić information content (AvgIpc) is 2.88. The summed E-state index contributed by atoms with van der Waals surface area (Å²) >= 11 is 7.14. The van der Waals surface area contributed by atoms with E-state index in [1.165, 1.54) is 17.6 Å². The zero-order valence-corrected chi connectivity index (χ0v) is 14.5. The molecule has 0 radical (unpaired) electrons. The summed E-state index contributed by atoms with van der Waals surface area (Å²) in [5, 5.41) is 13.0. The predicted octanol–water partition coefficient (Wildman–Crippen LogP) is 3.06. The Hall–Kier alpha value is -1.70. The summed E-state index contributed by atoms with van der Waals surface area (Å²) in [5.74, 6) is 0. The molecule has 8 heteroatoms. The highest BCUT2D eigenvalue weighted by Gasteiger charge is 2.04. The van der Waals surface area contributed by atoms with Crippen LogP contribution in [-0.4, -0.2) is 14.2 Å². The Labute approximate surface area is 145 Å². The first-order chi connectivity index (χ1) is 10.1. The smallest absolute Gasteiger partial charge is 0.258 e. The van der Waals surface area contributed by atoms with Gasteiger partial charge >= 0.3 is 0 Å². The molecule has 3 rings (SSSR count). The van der Waals surface area contributed by atoms with Crippen LogP contribution in [0.15, 0.2) is 47.3 Å². The molecule has 0 atom stereocenters. The summed E-state index contributed by atoms with van der Waals surface area (Å²) in [7, 11) is 0. The van der Waals surface area contributed by atoms with E-state index in [-0.39, 0.29) is 28.0 Å². The van der Waals surface area contributed by atoms with Gasteiger partial charge in [0.15, 0.2) is 0 Å². The quantitative estimate of drug-likeness (QED) is 0.710. The zero-order chi connectivity index (χ0) is 14.8. The van der Waals surface area contributed by atoms with Crippen LogP contribution in [0.25, 0.3) is 11.3 Å². The lowest BCUT2D eigenvalue weighted by atomic mass is 10.1. The lowest BCUT2D eigenvalue weighted by Crippen LogP contribution is -2.22. The van der Waals surface area contributed by atoms with Crippen molar-refractivity contribution in [1.82, 2.24) is 14.2 Å². The lowest BCUT2D eigenvalue weighted by Gasteiger charge is -2.07. The number of H-pyrrole nitrogens is 1. The van der Waals surface area contributed by atoms with Gasteiger partial charge < -0.3 is 0 Å². The van der Waals surface area contributed by atoms with E-state index in [9.17, 15) is 4.79 Å². The summed E-state index contributed by atoms with van der Waals surface area (Å²) in [6.45, 7) is 0.393. The second-order valence-corrected chi connectivity index (χ2v) is 5.82. The minimum atomic E-state index is -0.129. The first kappa shape index (κ1) is 16.7. The van der Waals surface area contributed by atoms with Crippen molar-refractivity contribution >= 4 is 40.1 Å². The Morgan fingerprint density at radius 1 is 1.23 bits per heavy atom. The summed E-state index contributed by atoms with van der Waals surface area (Å²) in [6.07, 6.45) is 0. The third kappa shape index (κ3) is 3.73. The normalized spacial score (nSPS) is 10.2. The van der Waals surface area contributed by atoms with Crippen LogP contribution in [0, 0.1) is 5.41 Å². The number of nitrogens with zero attached hydrogens (tertiary/aromatic N) is 2. The van der Waals surface area contributed by atoms with Crippen LogP contribution < -0.4 is 11.0 Å². The third-order valence-electron chi connectivity index (χ3n) is 2.93. The minimum absolute atomic E-state index is 0. The summed E-state index contributed by atoms with van der Waals surface area (Å²) in [6, 6.07) is 12.4. The molecule has 0 amide bonds. The molecule has 2 heterocycles. The van der Waals surface area contributed by atoms with E-state index in [2.05, 4.69) is 9.47 Å². The second kappa shape index (κ2) is 7.04. The van der Waals surface area contributed by atoms with Crippen molar-refractivity contribution in [3.8, 4) is 11.3 Å². The molecule has 22 heavy (non-hydrogen) atoms. The topological polar surface area (TPSA) is 74.5 Å². The maximum absolute atomic E-state index is 11.2. The highest BCUT2D eigenvalue weighted by Crippen LogP contribution is 2.18. The van der Waals surface area contributed by atoms with Gasteiger partial charge in [0.05, 0.1) is 12.2 Å². The van der Waals surface area contributed by atoms with Crippen molar-refractivity contribution < 1.29 is 0 Å². The van der Waals surface area contributed by atoms with Gasteiger partial charge in [-0.05, 0) is 24.3 Å². The van der Waals surface area contributed by atoms with Crippen LogP contribution >= 0.6 is 40.1 Å². The number of nitrogens with one attached hydrogen (secondary N) is 2. The molecular weight excluding hydrogens is 388 g/mol. The number of aromatic amines is 1. The number of hydrogen-bond donors (Lipinski definition) is 2. The van der Waals surface area contributed by atoms with Crippen LogP contribution in [0.1, 0.15) is 4.88 Å². The molecule has 0 bridgehead atoms. The van der Waals surface area contributed by atoms with E-state index in [1.54, 1.807) is 28.9 Å². The van der Waals surface area contributed by atoms with Crippen molar-refractivity contribution in [2.24, 2.45) is 0 Å². The lowest BCUT2D eigenvalue weighted by molar-refractivity contribution is 0.628. The largest absolute Gasteiger partial charge is 0.283 e. The van der Waals surface area contributed by atoms with Crippen LogP contribution in [0.4, 0.5) is 0 Å². The molecule has 0 fully saturated rings. The predicted molar refractivity (Wildman–Crippen MR) is 92.9 cm³/mol. The van der Waals surface area contributed by atoms with Crippen LogP contribution in [0.2, 0.25) is 5.02 Å². The Morgan fingerprint density at radius 2 is 1.95 bits per heavy atom. The van der Waals surface area contributed by atoms with Crippen molar-refractivity contribution in [2.75, 3.05) is 0 Å². The molecule has 0 saturated heterocycles. The van der Waals surface area contributed by atoms with Crippen LogP contribution in [0.5, 0.6) is 0 Å². The van der Waals surface area contributed by atoms with Gasteiger partial charge in [0, 0.05) is 21.5 Å². The van der Waals surface area contributed by atoms with Gasteiger partial charge in [-0.3, -0.25) is 14.6 Å². The van der Waals surface area contributed by atoms with Crippen molar-refractivity contribution in [3.63, 3.8) is 0 Å². The molecule has 0 spiro atoms. The van der Waals surface area contributed by atoms with Gasteiger partial charge in [0.25, 0.3) is 5.56 Å². The Morgan fingerprint density at radius 3 is 2.59 bits per heavy atom. The van der Waals surface area contributed by atoms with Crippen molar-refractivity contribution in [2.45, 2.75) is 6.54 Å². The Balaban J connectivity index is 0.00000176. The number of benzene rings is 1. The number of aromatic nitrogens is 3. The SMILES string of the molecule is Br.N=c1ccc(-c2ccc(Cl)cc2)nn1Cc1cc(=O)[nH]s1. The molecule has 3 aromatic rings. The van der Waals surface area contributed by atoms with E-state index >= 15 is 0 Å².